The molecular formula is C26H31N5O2S. The van der Waals surface area contributed by atoms with Crippen LogP contribution in [0.15, 0.2) is 29.6 Å². The summed E-state index contributed by atoms with van der Waals surface area (Å²) in [5.41, 5.74) is 8.96. The number of benzene rings is 1. The van der Waals surface area contributed by atoms with Crippen LogP contribution in [0.25, 0.3) is 0 Å². The topological polar surface area (TPSA) is 74.0 Å². The first kappa shape index (κ1) is 23.8. The first-order valence-electron chi connectivity index (χ1n) is 11.3. The Morgan fingerprint density at radius 1 is 1.03 bits per heavy atom. The van der Waals surface area contributed by atoms with Crippen LogP contribution in [0.3, 0.4) is 0 Å². The molecule has 0 saturated carbocycles. The number of amides is 1. The number of ether oxygens (including phenoxy) is 1. The van der Waals surface area contributed by atoms with Gasteiger partial charge in [-0.3, -0.25) is 14.2 Å². The number of nitrogens with one attached hydrogen (secondary N) is 1. The number of carbonyl (C=O) groups excluding carboxylic acids is 1. The molecule has 1 amide bonds. The predicted molar refractivity (Wildman–Crippen MR) is 136 cm³/mol. The van der Waals surface area contributed by atoms with Gasteiger partial charge in [0.25, 0.3) is 5.91 Å². The highest BCUT2D eigenvalue weighted by molar-refractivity contribution is 7.12. The Morgan fingerprint density at radius 3 is 2.50 bits per heavy atom. The van der Waals surface area contributed by atoms with E-state index >= 15 is 0 Å². The zero-order chi connectivity index (χ0) is 24.6. The van der Waals surface area contributed by atoms with Crippen molar-refractivity contribution in [3.05, 3.63) is 79.6 Å². The van der Waals surface area contributed by atoms with Gasteiger partial charge in [0, 0.05) is 23.9 Å². The lowest BCUT2D eigenvalue weighted by Crippen LogP contribution is -2.12. The maximum Gasteiger partial charge on any atom is 0.265 e. The molecule has 0 aliphatic rings. The number of carbonyl (C=O) groups is 1. The second kappa shape index (κ2) is 9.46. The number of aryl methyl sites for hydroxylation is 5. The van der Waals surface area contributed by atoms with E-state index in [1.165, 1.54) is 11.3 Å². The molecule has 4 rings (SSSR count). The Bertz CT molecular complexity index is 1360. The molecule has 0 aliphatic heterocycles. The zero-order valence-corrected chi connectivity index (χ0v) is 21.6. The Balaban J connectivity index is 1.45. The van der Waals surface area contributed by atoms with Crippen molar-refractivity contribution < 1.29 is 9.53 Å². The normalized spacial score (nSPS) is 11.1. The van der Waals surface area contributed by atoms with E-state index in [9.17, 15) is 4.79 Å². The molecule has 8 heteroatoms. The molecule has 3 aromatic heterocycles. The monoisotopic (exact) mass is 477 g/mol. The van der Waals surface area contributed by atoms with Crippen molar-refractivity contribution in [2.75, 3.05) is 5.32 Å². The third-order valence-corrected chi connectivity index (χ3v) is 7.18. The summed E-state index contributed by atoms with van der Waals surface area (Å²) in [4.78, 5) is 13.6. The van der Waals surface area contributed by atoms with Gasteiger partial charge < -0.3 is 10.1 Å². The maximum atomic E-state index is 13.0. The predicted octanol–water partition coefficient (Wildman–Crippen LogP) is 5.41. The van der Waals surface area contributed by atoms with Crippen molar-refractivity contribution in [1.29, 1.82) is 0 Å². The average molecular weight is 478 g/mol. The van der Waals surface area contributed by atoms with Gasteiger partial charge in [-0.05, 0) is 70.2 Å². The third kappa shape index (κ3) is 4.77. The van der Waals surface area contributed by atoms with E-state index in [0.29, 0.717) is 18.0 Å². The van der Waals surface area contributed by atoms with E-state index in [-0.39, 0.29) is 5.91 Å². The zero-order valence-electron chi connectivity index (χ0n) is 20.8. The van der Waals surface area contributed by atoms with Crippen molar-refractivity contribution in [2.24, 2.45) is 7.05 Å². The molecule has 0 saturated heterocycles. The van der Waals surface area contributed by atoms with Gasteiger partial charge in [0.1, 0.15) is 12.4 Å². The van der Waals surface area contributed by atoms with E-state index in [4.69, 9.17) is 4.74 Å². The van der Waals surface area contributed by atoms with Gasteiger partial charge in [0.2, 0.25) is 0 Å². The van der Waals surface area contributed by atoms with Crippen LogP contribution in [0.1, 0.15) is 54.7 Å². The average Bonchev–Trinajstić information content (AvgIpc) is 3.44. The van der Waals surface area contributed by atoms with Crippen LogP contribution in [0, 0.1) is 41.5 Å². The van der Waals surface area contributed by atoms with E-state index in [1.54, 1.807) is 0 Å². The molecule has 1 aromatic carbocycles. The third-order valence-electron chi connectivity index (χ3n) is 6.20. The van der Waals surface area contributed by atoms with E-state index in [1.807, 2.05) is 68.5 Å². The molecule has 0 unspecified atom stereocenters. The van der Waals surface area contributed by atoms with Crippen LogP contribution >= 0.6 is 11.3 Å². The van der Waals surface area contributed by atoms with Crippen LogP contribution < -0.4 is 10.1 Å². The highest BCUT2D eigenvalue weighted by atomic mass is 32.1. The van der Waals surface area contributed by atoms with Gasteiger partial charge in [-0.15, -0.1) is 11.3 Å². The first-order valence-corrected chi connectivity index (χ1v) is 12.1. The summed E-state index contributed by atoms with van der Waals surface area (Å²) < 4.78 is 9.81. The minimum absolute atomic E-state index is 0.137. The maximum absolute atomic E-state index is 13.0. The largest absolute Gasteiger partial charge is 0.489 e. The minimum Gasteiger partial charge on any atom is -0.489 e. The van der Waals surface area contributed by atoms with Gasteiger partial charge >= 0.3 is 0 Å². The lowest BCUT2D eigenvalue weighted by Gasteiger charge is -2.09. The Hall–Kier alpha value is -3.39. The molecular weight excluding hydrogens is 446 g/mol. The Labute approximate surface area is 204 Å². The summed E-state index contributed by atoms with van der Waals surface area (Å²) in [6.45, 7) is 13.1. The SMILES string of the molecule is Cc1ccc(C)c(OCc2csc(C(=O)Nc3c(C)nn(Cc4c(C)nn(C)c4C)c3C)c2)c1. The molecule has 34 heavy (non-hydrogen) atoms. The van der Waals surface area contributed by atoms with Gasteiger partial charge in [-0.1, -0.05) is 12.1 Å². The number of hydrogen-bond acceptors (Lipinski definition) is 5. The first-order chi connectivity index (χ1) is 16.1. The number of aromatic nitrogens is 4. The van der Waals surface area contributed by atoms with E-state index < -0.39 is 0 Å². The highest BCUT2D eigenvalue weighted by Crippen LogP contribution is 2.25. The fourth-order valence-corrected chi connectivity index (χ4v) is 4.79. The van der Waals surface area contributed by atoms with E-state index in [2.05, 4.69) is 34.6 Å². The summed E-state index contributed by atoms with van der Waals surface area (Å²) in [5, 5.41) is 14.2. The molecule has 0 spiro atoms. The summed E-state index contributed by atoms with van der Waals surface area (Å²) in [5.74, 6) is 0.734. The van der Waals surface area contributed by atoms with E-state index in [0.717, 1.165) is 56.5 Å². The van der Waals surface area contributed by atoms with Crippen LogP contribution in [0.5, 0.6) is 5.75 Å². The second-order valence-corrected chi connectivity index (χ2v) is 9.72. The number of anilines is 1. The molecule has 0 radical (unpaired) electrons. The second-order valence-electron chi connectivity index (χ2n) is 8.81. The summed E-state index contributed by atoms with van der Waals surface area (Å²) in [6.07, 6.45) is 0. The molecule has 7 nitrogen and oxygen atoms in total. The van der Waals surface area contributed by atoms with Crippen LogP contribution in [0.4, 0.5) is 5.69 Å². The molecule has 0 atom stereocenters. The standard InChI is InChI=1S/C26H31N5O2S/c1-15-8-9-16(2)23(10-15)33-13-21-11-24(34-14-21)26(32)27-25-18(4)29-31(20(25)6)12-22-17(3)28-30(7)19(22)5/h8-11,14H,12-13H2,1-7H3,(H,27,32). The fourth-order valence-electron chi connectivity index (χ4n) is 4.00. The summed E-state index contributed by atoms with van der Waals surface area (Å²) >= 11 is 1.42. The summed E-state index contributed by atoms with van der Waals surface area (Å²) in [7, 11) is 1.95. The van der Waals surface area contributed by atoms with Crippen LogP contribution in [0.2, 0.25) is 0 Å². The molecule has 1 N–H and O–H groups in total. The van der Waals surface area contributed by atoms with Gasteiger partial charge in [0.05, 0.1) is 34.2 Å². The van der Waals surface area contributed by atoms with Crippen molar-refractivity contribution in [1.82, 2.24) is 19.6 Å². The molecule has 3 heterocycles. The Morgan fingerprint density at radius 2 is 1.79 bits per heavy atom. The number of hydrogen-bond donors (Lipinski definition) is 1. The van der Waals surface area contributed by atoms with Gasteiger partial charge in [0.15, 0.2) is 0 Å². The number of rotatable bonds is 7. The number of nitrogens with zero attached hydrogens (tertiary/aromatic N) is 4. The quantitative estimate of drug-likeness (QED) is 0.386. The van der Waals surface area contributed by atoms with Crippen molar-refractivity contribution in [3.63, 3.8) is 0 Å². The van der Waals surface area contributed by atoms with Gasteiger partial charge in [-0.2, -0.15) is 10.2 Å². The van der Waals surface area contributed by atoms with Crippen LogP contribution in [-0.4, -0.2) is 25.5 Å². The number of thiophene rings is 1. The van der Waals surface area contributed by atoms with Crippen LogP contribution in [-0.2, 0) is 20.2 Å². The van der Waals surface area contributed by atoms with Crippen molar-refractivity contribution in [3.8, 4) is 5.75 Å². The highest BCUT2D eigenvalue weighted by Gasteiger charge is 2.19. The Kier molecular flexibility index (Phi) is 6.61. The molecule has 0 bridgehead atoms. The minimum atomic E-state index is -0.137. The lowest BCUT2D eigenvalue weighted by molar-refractivity contribution is 0.103. The molecule has 4 aromatic rings. The molecule has 178 valence electrons. The van der Waals surface area contributed by atoms with Gasteiger partial charge in [-0.25, -0.2) is 0 Å². The lowest BCUT2D eigenvalue weighted by atomic mass is 10.1. The smallest absolute Gasteiger partial charge is 0.265 e. The molecule has 0 aliphatic carbocycles. The van der Waals surface area contributed by atoms with Crippen molar-refractivity contribution >= 4 is 22.9 Å². The summed E-state index contributed by atoms with van der Waals surface area (Å²) in [6, 6.07) is 8.05. The fraction of sp³-hybridized carbons (Fsp3) is 0.346. The molecule has 0 fully saturated rings. The van der Waals surface area contributed by atoms with Crippen molar-refractivity contribution in [2.45, 2.75) is 54.7 Å².